The van der Waals surface area contributed by atoms with E-state index >= 15 is 0 Å². The number of furan rings is 1. The Bertz CT molecular complexity index is 694. The van der Waals surface area contributed by atoms with Gasteiger partial charge in [-0.3, -0.25) is 9.67 Å². The molecule has 2 rings (SSSR count). The number of hydrogen-bond donors (Lipinski definition) is 2. The SMILES string of the molecule is CCC(C)NC(=NCCCc1c(C)nn(C)c1C)NCCc1ccco1.I. The molecule has 0 bridgehead atoms. The molecule has 2 N–H and O–H groups in total. The van der Waals surface area contributed by atoms with Crippen molar-refractivity contribution in [2.45, 2.75) is 59.4 Å². The van der Waals surface area contributed by atoms with Crippen molar-refractivity contribution in [3.05, 3.63) is 41.1 Å². The van der Waals surface area contributed by atoms with Crippen LogP contribution in [0.4, 0.5) is 0 Å². The summed E-state index contributed by atoms with van der Waals surface area (Å²) in [5, 5.41) is 11.4. The molecule has 2 aromatic rings. The number of nitrogens with one attached hydrogen (secondary N) is 2. The van der Waals surface area contributed by atoms with E-state index in [1.807, 2.05) is 23.9 Å². The van der Waals surface area contributed by atoms with Gasteiger partial charge in [-0.25, -0.2) is 0 Å². The van der Waals surface area contributed by atoms with E-state index in [1.165, 1.54) is 11.3 Å². The molecular weight excluding hydrogens is 453 g/mol. The molecule has 0 saturated carbocycles. The average molecular weight is 487 g/mol. The van der Waals surface area contributed by atoms with Crippen LogP contribution in [-0.2, 0) is 19.9 Å². The van der Waals surface area contributed by atoms with Crippen molar-refractivity contribution in [2.75, 3.05) is 13.1 Å². The fourth-order valence-corrected chi connectivity index (χ4v) is 2.87. The molecule has 0 fully saturated rings. The third-order valence-electron chi connectivity index (χ3n) is 4.75. The van der Waals surface area contributed by atoms with Crippen molar-refractivity contribution >= 4 is 29.9 Å². The topological polar surface area (TPSA) is 67.4 Å². The minimum atomic E-state index is 0. The Kier molecular flexibility index (Phi) is 10.5. The first-order valence-corrected chi connectivity index (χ1v) is 9.57. The summed E-state index contributed by atoms with van der Waals surface area (Å²) in [5.74, 6) is 1.87. The Labute approximate surface area is 180 Å². The van der Waals surface area contributed by atoms with Crippen molar-refractivity contribution < 1.29 is 4.42 Å². The lowest BCUT2D eigenvalue weighted by atomic mass is 10.1. The van der Waals surface area contributed by atoms with Gasteiger partial charge in [0.05, 0.1) is 12.0 Å². The van der Waals surface area contributed by atoms with Gasteiger partial charge < -0.3 is 15.1 Å². The second-order valence-electron chi connectivity index (χ2n) is 6.82. The maximum Gasteiger partial charge on any atom is 0.191 e. The van der Waals surface area contributed by atoms with Crippen LogP contribution in [0, 0.1) is 13.8 Å². The number of halogens is 1. The van der Waals surface area contributed by atoms with Crippen LogP contribution in [0.3, 0.4) is 0 Å². The van der Waals surface area contributed by atoms with E-state index in [0.29, 0.717) is 6.04 Å². The highest BCUT2D eigenvalue weighted by atomic mass is 127. The first kappa shape index (κ1) is 23.5. The molecule has 0 spiro atoms. The quantitative estimate of drug-likeness (QED) is 0.245. The fraction of sp³-hybridized carbons (Fsp3) is 0.600. The second kappa shape index (κ2) is 12.0. The van der Waals surface area contributed by atoms with E-state index in [-0.39, 0.29) is 24.0 Å². The molecule has 0 saturated heterocycles. The smallest absolute Gasteiger partial charge is 0.191 e. The number of nitrogens with zero attached hydrogens (tertiary/aromatic N) is 3. The van der Waals surface area contributed by atoms with Gasteiger partial charge in [-0.2, -0.15) is 5.10 Å². The van der Waals surface area contributed by atoms with Gasteiger partial charge in [-0.1, -0.05) is 6.92 Å². The van der Waals surface area contributed by atoms with Crippen molar-refractivity contribution in [1.82, 2.24) is 20.4 Å². The number of aromatic nitrogens is 2. The highest BCUT2D eigenvalue weighted by Crippen LogP contribution is 2.13. The van der Waals surface area contributed by atoms with Gasteiger partial charge >= 0.3 is 0 Å². The number of aryl methyl sites for hydroxylation is 2. The Morgan fingerprint density at radius 2 is 2.11 bits per heavy atom. The molecule has 1 unspecified atom stereocenters. The molecule has 2 heterocycles. The Morgan fingerprint density at radius 1 is 1.33 bits per heavy atom. The predicted octanol–water partition coefficient (Wildman–Crippen LogP) is 3.76. The largest absolute Gasteiger partial charge is 0.469 e. The van der Waals surface area contributed by atoms with Crippen LogP contribution < -0.4 is 10.6 Å². The third-order valence-corrected chi connectivity index (χ3v) is 4.75. The molecule has 0 aliphatic rings. The van der Waals surface area contributed by atoms with Crippen LogP contribution in [0.15, 0.2) is 27.8 Å². The summed E-state index contributed by atoms with van der Waals surface area (Å²) in [6.07, 6.45) is 5.65. The Morgan fingerprint density at radius 3 is 2.70 bits per heavy atom. The summed E-state index contributed by atoms with van der Waals surface area (Å²) in [5.41, 5.74) is 3.73. The standard InChI is InChI=1S/C20H33N5O.HI/c1-6-15(2)23-20(22-13-11-18-9-8-14-26-18)21-12-7-10-19-16(3)24-25(5)17(19)4;/h8-9,14-15H,6-7,10-13H2,1-5H3,(H2,21,22,23);1H. The summed E-state index contributed by atoms with van der Waals surface area (Å²) in [7, 11) is 2.00. The van der Waals surface area contributed by atoms with Crippen molar-refractivity contribution in [2.24, 2.45) is 12.0 Å². The zero-order valence-corrected chi connectivity index (χ0v) is 19.5. The summed E-state index contributed by atoms with van der Waals surface area (Å²) in [6.45, 7) is 10.2. The number of guanidine groups is 1. The number of rotatable bonds is 9. The zero-order valence-electron chi connectivity index (χ0n) is 17.2. The van der Waals surface area contributed by atoms with Crippen LogP contribution in [0.5, 0.6) is 0 Å². The molecule has 1 atom stereocenters. The van der Waals surface area contributed by atoms with Gasteiger partial charge in [-0.05, 0) is 57.7 Å². The summed E-state index contributed by atoms with van der Waals surface area (Å²) in [4.78, 5) is 4.75. The normalized spacial score (nSPS) is 12.6. The van der Waals surface area contributed by atoms with E-state index in [9.17, 15) is 0 Å². The van der Waals surface area contributed by atoms with E-state index in [0.717, 1.165) is 56.2 Å². The van der Waals surface area contributed by atoms with Gasteiger partial charge in [0, 0.05) is 38.3 Å². The lowest BCUT2D eigenvalue weighted by Crippen LogP contribution is -2.42. The Balaban J connectivity index is 0.00000364. The van der Waals surface area contributed by atoms with Gasteiger partial charge in [0.15, 0.2) is 5.96 Å². The molecule has 152 valence electrons. The van der Waals surface area contributed by atoms with Crippen molar-refractivity contribution in [1.29, 1.82) is 0 Å². The monoisotopic (exact) mass is 487 g/mol. The highest BCUT2D eigenvalue weighted by molar-refractivity contribution is 14.0. The molecule has 0 aliphatic carbocycles. The summed E-state index contributed by atoms with van der Waals surface area (Å²) < 4.78 is 7.34. The van der Waals surface area contributed by atoms with Crippen LogP contribution >= 0.6 is 24.0 Å². The number of hydrogen-bond acceptors (Lipinski definition) is 3. The predicted molar refractivity (Wildman–Crippen MR) is 122 cm³/mol. The molecular formula is C20H34IN5O. The molecule has 6 nitrogen and oxygen atoms in total. The third kappa shape index (κ3) is 7.56. The fourth-order valence-electron chi connectivity index (χ4n) is 2.87. The van der Waals surface area contributed by atoms with Gasteiger partial charge in [0.1, 0.15) is 5.76 Å². The molecule has 7 heteroatoms. The van der Waals surface area contributed by atoms with E-state index in [1.54, 1.807) is 6.26 Å². The van der Waals surface area contributed by atoms with Crippen molar-refractivity contribution in [3.8, 4) is 0 Å². The molecule has 0 amide bonds. The lowest BCUT2D eigenvalue weighted by Gasteiger charge is -2.17. The first-order valence-electron chi connectivity index (χ1n) is 9.57. The first-order chi connectivity index (χ1) is 12.5. The van der Waals surface area contributed by atoms with Gasteiger partial charge in [0.25, 0.3) is 0 Å². The highest BCUT2D eigenvalue weighted by Gasteiger charge is 2.09. The molecule has 0 aliphatic heterocycles. The minimum Gasteiger partial charge on any atom is -0.469 e. The lowest BCUT2D eigenvalue weighted by molar-refractivity contribution is 0.506. The van der Waals surface area contributed by atoms with Crippen LogP contribution in [-0.4, -0.2) is 34.9 Å². The summed E-state index contributed by atoms with van der Waals surface area (Å²) in [6, 6.07) is 4.32. The maximum absolute atomic E-state index is 5.38. The van der Waals surface area contributed by atoms with E-state index < -0.39 is 0 Å². The maximum atomic E-state index is 5.38. The van der Waals surface area contributed by atoms with Crippen molar-refractivity contribution in [3.63, 3.8) is 0 Å². The minimum absolute atomic E-state index is 0. The van der Waals surface area contributed by atoms with Crippen LogP contribution in [0.2, 0.25) is 0 Å². The molecule has 27 heavy (non-hydrogen) atoms. The molecule has 0 radical (unpaired) electrons. The Hall–Kier alpha value is -1.51. The molecule has 2 aromatic heterocycles. The van der Waals surface area contributed by atoms with Crippen LogP contribution in [0.25, 0.3) is 0 Å². The number of aliphatic imine (C=N–C) groups is 1. The van der Waals surface area contributed by atoms with Gasteiger partial charge in [-0.15, -0.1) is 24.0 Å². The van der Waals surface area contributed by atoms with E-state index in [2.05, 4.69) is 43.4 Å². The van der Waals surface area contributed by atoms with Gasteiger partial charge in [0.2, 0.25) is 0 Å². The average Bonchev–Trinajstić information content (AvgIpc) is 3.21. The van der Waals surface area contributed by atoms with Crippen LogP contribution in [0.1, 0.15) is 49.4 Å². The molecule has 0 aromatic carbocycles. The van der Waals surface area contributed by atoms with E-state index in [4.69, 9.17) is 9.41 Å². The second-order valence-corrected chi connectivity index (χ2v) is 6.82. The summed E-state index contributed by atoms with van der Waals surface area (Å²) >= 11 is 0. The zero-order chi connectivity index (χ0) is 18.9.